The summed E-state index contributed by atoms with van der Waals surface area (Å²) in [4.78, 5) is 35.4. The Bertz CT molecular complexity index is 885. The summed E-state index contributed by atoms with van der Waals surface area (Å²) in [5.41, 5.74) is 6.24. The lowest BCUT2D eigenvalue weighted by Crippen LogP contribution is -2.20. The minimum Gasteiger partial charge on any atom is -0.484 e. The SMILES string of the molecule is CC(C)n1[nH]c(=O)c2c1NC(=O)CS[C@H]2c1ccc(OCC(N)=O)cc1. The van der Waals surface area contributed by atoms with Crippen LogP contribution in [0.5, 0.6) is 5.75 Å². The zero-order chi connectivity index (χ0) is 18.8. The van der Waals surface area contributed by atoms with Crippen LogP contribution in [0.1, 0.15) is 36.3 Å². The van der Waals surface area contributed by atoms with E-state index in [0.29, 0.717) is 17.1 Å². The molecule has 0 saturated heterocycles. The summed E-state index contributed by atoms with van der Waals surface area (Å²) in [6.45, 7) is 3.66. The summed E-state index contributed by atoms with van der Waals surface area (Å²) in [5, 5.41) is 5.34. The molecule has 0 fully saturated rings. The van der Waals surface area contributed by atoms with Crippen molar-refractivity contribution in [2.24, 2.45) is 5.73 Å². The number of aromatic nitrogens is 2. The zero-order valence-corrected chi connectivity index (χ0v) is 15.3. The number of benzene rings is 1. The van der Waals surface area contributed by atoms with Gasteiger partial charge < -0.3 is 15.8 Å². The Morgan fingerprint density at radius 2 is 2.04 bits per heavy atom. The number of primary amides is 1. The highest BCUT2D eigenvalue weighted by Crippen LogP contribution is 2.40. The van der Waals surface area contributed by atoms with Gasteiger partial charge in [-0.1, -0.05) is 12.1 Å². The Labute approximate surface area is 154 Å². The molecule has 0 unspecified atom stereocenters. The standard InChI is InChI=1S/C17H20N4O4S/c1-9(2)21-16-14(17(24)20-21)15(26-8-13(23)19-16)10-3-5-11(6-4-10)25-7-12(18)22/h3-6,9,15H,7-8H2,1-2H3,(H2,18,22)(H,19,23)(H,20,24)/t15-/m0/s1. The van der Waals surface area contributed by atoms with Gasteiger partial charge in [0.2, 0.25) is 5.91 Å². The summed E-state index contributed by atoms with van der Waals surface area (Å²) in [6, 6.07) is 7.07. The van der Waals surface area contributed by atoms with Gasteiger partial charge in [0, 0.05) is 6.04 Å². The molecule has 2 aromatic rings. The molecule has 1 aliphatic heterocycles. The van der Waals surface area contributed by atoms with Crippen molar-refractivity contribution < 1.29 is 14.3 Å². The second kappa shape index (κ2) is 7.28. The minimum atomic E-state index is -0.552. The topological polar surface area (TPSA) is 119 Å². The summed E-state index contributed by atoms with van der Waals surface area (Å²) < 4.78 is 6.94. The summed E-state index contributed by atoms with van der Waals surface area (Å²) in [5.74, 6) is 0.572. The number of aromatic amines is 1. The van der Waals surface area contributed by atoms with Gasteiger partial charge >= 0.3 is 0 Å². The molecule has 0 radical (unpaired) electrons. The number of thioether (sulfide) groups is 1. The molecule has 2 heterocycles. The van der Waals surface area contributed by atoms with E-state index in [1.54, 1.807) is 16.8 Å². The quantitative estimate of drug-likeness (QED) is 0.729. The number of carbonyl (C=O) groups is 2. The lowest BCUT2D eigenvalue weighted by atomic mass is 10.1. The molecule has 0 aliphatic carbocycles. The molecule has 0 saturated carbocycles. The van der Waals surface area contributed by atoms with Crippen molar-refractivity contribution in [3.8, 4) is 5.75 Å². The van der Waals surface area contributed by atoms with Crippen LogP contribution in [0, 0.1) is 0 Å². The van der Waals surface area contributed by atoms with Gasteiger partial charge in [0.15, 0.2) is 6.61 Å². The number of hydrogen-bond acceptors (Lipinski definition) is 5. The Morgan fingerprint density at radius 1 is 1.35 bits per heavy atom. The number of anilines is 1. The highest BCUT2D eigenvalue weighted by molar-refractivity contribution is 8.00. The number of rotatable bonds is 5. The highest BCUT2D eigenvalue weighted by Gasteiger charge is 2.30. The predicted octanol–water partition coefficient (Wildman–Crippen LogP) is 1.40. The number of ether oxygens (including phenoxy) is 1. The van der Waals surface area contributed by atoms with E-state index >= 15 is 0 Å². The molecule has 1 aromatic heterocycles. The molecule has 0 spiro atoms. The van der Waals surface area contributed by atoms with Crippen molar-refractivity contribution in [3.63, 3.8) is 0 Å². The molecule has 1 aliphatic rings. The maximum atomic E-state index is 12.6. The fraction of sp³-hybridized carbons (Fsp3) is 0.353. The highest BCUT2D eigenvalue weighted by atomic mass is 32.2. The lowest BCUT2D eigenvalue weighted by Gasteiger charge is -2.15. The van der Waals surface area contributed by atoms with Crippen LogP contribution in [0.2, 0.25) is 0 Å². The number of nitrogens with zero attached hydrogens (tertiary/aromatic N) is 1. The van der Waals surface area contributed by atoms with E-state index < -0.39 is 5.91 Å². The Kier molecular flexibility index (Phi) is 5.08. The number of nitrogens with two attached hydrogens (primary N) is 1. The van der Waals surface area contributed by atoms with E-state index in [1.165, 1.54) is 11.8 Å². The van der Waals surface area contributed by atoms with Crippen LogP contribution in [0.3, 0.4) is 0 Å². The molecule has 3 rings (SSSR count). The first-order valence-electron chi connectivity index (χ1n) is 8.13. The van der Waals surface area contributed by atoms with Gasteiger partial charge in [-0.05, 0) is 31.5 Å². The molecule has 4 N–H and O–H groups in total. The van der Waals surface area contributed by atoms with E-state index in [2.05, 4.69) is 10.4 Å². The van der Waals surface area contributed by atoms with Gasteiger partial charge in [-0.3, -0.25) is 24.2 Å². The van der Waals surface area contributed by atoms with E-state index in [1.807, 2.05) is 26.0 Å². The number of nitrogens with one attached hydrogen (secondary N) is 2. The van der Waals surface area contributed by atoms with Gasteiger partial charge in [-0.25, -0.2) is 0 Å². The van der Waals surface area contributed by atoms with Gasteiger partial charge in [0.05, 0.1) is 16.6 Å². The van der Waals surface area contributed by atoms with E-state index in [0.717, 1.165) is 5.56 Å². The number of carbonyl (C=O) groups excluding carboxylic acids is 2. The summed E-state index contributed by atoms with van der Waals surface area (Å²) in [6.07, 6.45) is 0. The normalized spacial score (nSPS) is 16.7. The fourth-order valence-corrected chi connectivity index (χ4v) is 3.91. The largest absolute Gasteiger partial charge is 0.484 e. The Hall–Kier alpha value is -2.68. The summed E-state index contributed by atoms with van der Waals surface area (Å²) >= 11 is 1.39. The van der Waals surface area contributed by atoms with Crippen LogP contribution >= 0.6 is 11.8 Å². The average Bonchev–Trinajstić information content (AvgIpc) is 2.80. The summed E-state index contributed by atoms with van der Waals surface area (Å²) in [7, 11) is 0. The van der Waals surface area contributed by atoms with Gasteiger partial charge in [0.25, 0.3) is 11.5 Å². The molecule has 1 atom stereocenters. The van der Waals surface area contributed by atoms with Crippen molar-refractivity contribution >= 4 is 29.4 Å². The van der Waals surface area contributed by atoms with Gasteiger partial charge in [-0.15, -0.1) is 11.8 Å². The fourth-order valence-electron chi connectivity index (χ4n) is 2.79. The van der Waals surface area contributed by atoms with Crippen molar-refractivity contribution in [1.29, 1.82) is 0 Å². The van der Waals surface area contributed by atoms with E-state index in [-0.39, 0.29) is 35.1 Å². The number of H-pyrrole nitrogens is 1. The first-order chi connectivity index (χ1) is 12.4. The number of amides is 2. The predicted molar refractivity (Wildman–Crippen MR) is 99.5 cm³/mol. The van der Waals surface area contributed by atoms with E-state index in [4.69, 9.17) is 10.5 Å². The van der Waals surface area contributed by atoms with Crippen LogP contribution in [-0.4, -0.2) is 34.0 Å². The van der Waals surface area contributed by atoms with Crippen molar-refractivity contribution in [1.82, 2.24) is 9.78 Å². The molecular weight excluding hydrogens is 356 g/mol. The molecule has 2 amide bonds. The second-order valence-electron chi connectivity index (χ2n) is 6.23. The third kappa shape index (κ3) is 3.62. The molecule has 26 heavy (non-hydrogen) atoms. The van der Waals surface area contributed by atoms with Crippen molar-refractivity contribution in [3.05, 3.63) is 45.7 Å². The molecular formula is C17H20N4O4S. The maximum absolute atomic E-state index is 12.6. The third-order valence-corrected chi connectivity index (χ3v) is 5.21. The molecule has 1 aromatic carbocycles. The number of fused-ring (bicyclic) bond motifs is 1. The van der Waals surface area contributed by atoms with Crippen LogP contribution in [-0.2, 0) is 9.59 Å². The third-order valence-electron chi connectivity index (χ3n) is 3.94. The second-order valence-corrected chi connectivity index (χ2v) is 7.32. The zero-order valence-electron chi connectivity index (χ0n) is 14.4. The lowest BCUT2D eigenvalue weighted by molar-refractivity contribution is -0.120. The molecule has 8 nitrogen and oxygen atoms in total. The van der Waals surface area contributed by atoms with Crippen molar-refractivity contribution in [2.45, 2.75) is 25.1 Å². The monoisotopic (exact) mass is 376 g/mol. The van der Waals surface area contributed by atoms with Crippen LogP contribution in [0.15, 0.2) is 29.1 Å². The van der Waals surface area contributed by atoms with Crippen molar-refractivity contribution in [2.75, 3.05) is 17.7 Å². The first-order valence-corrected chi connectivity index (χ1v) is 9.18. The Balaban J connectivity index is 1.97. The van der Waals surface area contributed by atoms with Crippen LogP contribution < -0.4 is 21.3 Å². The molecule has 0 bridgehead atoms. The van der Waals surface area contributed by atoms with E-state index in [9.17, 15) is 14.4 Å². The van der Waals surface area contributed by atoms with Gasteiger partial charge in [-0.2, -0.15) is 0 Å². The smallest absolute Gasteiger partial charge is 0.270 e. The number of hydrogen-bond donors (Lipinski definition) is 3. The minimum absolute atomic E-state index is 0.0000701. The van der Waals surface area contributed by atoms with Crippen LogP contribution in [0.4, 0.5) is 5.82 Å². The first kappa shape index (κ1) is 18.1. The van der Waals surface area contributed by atoms with Crippen LogP contribution in [0.25, 0.3) is 0 Å². The molecule has 9 heteroatoms. The maximum Gasteiger partial charge on any atom is 0.270 e. The molecule has 138 valence electrons. The average molecular weight is 376 g/mol. The van der Waals surface area contributed by atoms with Gasteiger partial charge in [0.1, 0.15) is 11.6 Å². The Morgan fingerprint density at radius 3 is 2.65 bits per heavy atom.